The fraction of sp³-hybridized carbons (Fsp3) is 0.500. The summed E-state index contributed by atoms with van der Waals surface area (Å²) in [4.78, 5) is 0. The molecule has 1 fully saturated rings. The lowest BCUT2D eigenvalue weighted by atomic mass is 9.82. The van der Waals surface area contributed by atoms with Gasteiger partial charge in [-0.15, -0.1) is 0 Å². The fourth-order valence-corrected chi connectivity index (χ4v) is 2.18. The molecule has 2 atom stereocenters. The van der Waals surface area contributed by atoms with Gasteiger partial charge in [-0.2, -0.15) is 0 Å². The molecule has 14 heavy (non-hydrogen) atoms. The van der Waals surface area contributed by atoms with Crippen molar-refractivity contribution in [2.45, 2.75) is 37.8 Å². The third-order valence-electron chi connectivity index (χ3n) is 3.00. The molecule has 0 bridgehead atoms. The zero-order valence-electron chi connectivity index (χ0n) is 8.12. The first-order valence-corrected chi connectivity index (χ1v) is 5.20. The highest BCUT2D eigenvalue weighted by Gasteiger charge is 2.25. The van der Waals surface area contributed by atoms with E-state index in [1.165, 1.54) is 0 Å². The molecule has 1 aromatic rings. The van der Waals surface area contributed by atoms with Crippen LogP contribution in [0.3, 0.4) is 0 Å². The van der Waals surface area contributed by atoms with Crippen molar-refractivity contribution in [3.8, 4) is 5.75 Å². The van der Waals surface area contributed by atoms with Crippen molar-refractivity contribution in [2.24, 2.45) is 0 Å². The molecule has 1 nitrogen and oxygen atoms in total. The van der Waals surface area contributed by atoms with Crippen LogP contribution in [0, 0.1) is 0 Å². The van der Waals surface area contributed by atoms with E-state index in [0.717, 1.165) is 24.8 Å². The highest BCUT2D eigenvalue weighted by atomic mass is 19.1. The number of benzene rings is 1. The molecule has 0 radical (unpaired) electrons. The summed E-state index contributed by atoms with van der Waals surface area (Å²) in [6, 6.07) is 6.93. The number of phenolic OH excluding ortho intramolecular Hbond substituents is 1. The van der Waals surface area contributed by atoms with Crippen LogP contribution in [0.25, 0.3) is 0 Å². The van der Waals surface area contributed by atoms with Crippen molar-refractivity contribution in [3.63, 3.8) is 0 Å². The quantitative estimate of drug-likeness (QED) is 0.726. The van der Waals surface area contributed by atoms with Crippen molar-refractivity contribution < 1.29 is 9.50 Å². The van der Waals surface area contributed by atoms with Crippen LogP contribution in [0.15, 0.2) is 24.3 Å². The van der Waals surface area contributed by atoms with E-state index in [9.17, 15) is 4.39 Å². The van der Waals surface area contributed by atoms with Crippen LogP contribution in [0.2, 0.25) is 0 Å². The Hall–Kier alpha value is -1.05. The van der Waals surface area contributed by atoms with Crippen LogP contribution in [0.5, 0.6) is 5.75 Å². The first-order valence-electron chi connectivity index (χ1n) is 5.20. The molecule has 0 unspecified atom stereocenters. The van der Waals surface area contributed by atoms with Gasteiger partial charge in [0.1, 0.15) is 11.9 Å². The molecule has 1 N–H and O–H groups in total. The monoisotopic (exact) mass is 194 g/mol. The van der Waals surface area contributed by atoms with Crippen LogP contribution < -0.4 is 0 Å². The smallest absolute Gasteiger partial charge is 0.115 e. The maximum Gasteiger partial charge on any atom is 0.115 e. The van der Waals surface area contributed by atoms with Gasteiger partial charge in [-0.1, -0.05) is 25.0 Å². The summed E-state index contributed by atoms with van der Waals surface area (Å²) < 4.78 is 13.6. The predicted molar refractivity (Wildman–Crippen MR) is 54.2 cm³/mol. The second kappa shape index (κ2) is 3.99. The Morgan fingerprint density at radius 2 is 1.71 bits per heavy atom. The van der Waals surface area contributed by atoms with Gasteiger partial charge in [0, 0.05) is 5.92 Å². The maximum atomic E-state index is 13.6. The molecule has 0 aromatic heterocycles. The molecule has 0 aliphatic heterocycles. The number of alkyl halides is 1. The number of phenols is 1. The molecular formula is C12H15FO. The molecule has 2 heteroatoms. The molecule has 1 aliphatic carbocycles. The summed E-state index contributed by atoms with van der Waals surface area (Å²) in [6.07, 6.45) is 3.05. The van der Waals surface area contributed by atoms with Crippen LogP contribution in [0.1, 0.15) is 37.2 Å². The topological polar surface area (TPSA) is 20.2 Å². The molecule has 2 rings (SSSR count). The van der Waals surface area contributed by atoms with Crippen molar-refractivity contribution in [3.05, 3.63) is 29.8 Å². The molecule has 0 heterocycles. The van der Waals surface area contributed by atoms with Gasteiger partial charge in [0.15, 0.2) is 0 Å². The Morgan fingerprint density at radius 1 is 1.07 bits per heavy atom. The standard InChI is InChI=1S/C12H15FO/c13-12-4-2-1-3-11(12)9-5-7-10(14)8-6-9/h5-8,11-12,14H,1-4H2/t11-,12+/m0/s1. The SMILES string of the molecule is Oc1ccc([C@@H]2CCCC[C@H]2F)cc1. The second-order valence-electron chi connectivity index (χ2n) is 4.00. The van der Waals surface area contributed by atoms with Gasteiger partial charge in [0.2, 0.25) is 0 Å². The van der Waals surface area contributed by atoms with E-state index in [-0.39, 0.29) is 11.7 Å². The largest absolute Gasteiger partial charge is 0.508 e. The summed E-state index contributed by atoms with van der Waals surface area (Å²) in [6.45, 7) is 0. The van der Waals surface area contributed by atoms with E-state index in [1.807, 2.05) is 12.1 Å². The summed E-state index contributed by atoms with van der Waals surface area (Å²) >= 11 is 0. The van der Waals surface area contributed by atoms with E-state index in [2.05, 4.69) is 0 Å². The van der Waals surface area contributed by atoms with Gasteiger partial charge < -0.3 is 5.11 Å². The molecule has 1 aliphatic rings. The van der Waals surface area contributed by atoms with Crippen molar-refractivity contribution in [1.29, 1.82) is 0 Å². The zero-order chi connectivity index (χ0) is 9.97. The van der Waals surface area contributed by atoms with Gasteiger partial charge in [-0.05, 0) is 30.5 Å². The average Bonchev–Trinajstić information content (AvgIpc) is 2.20. The van der Waals surface area contributed by atoms with Crippen molar-refractivity contribution >= 4 is 0 Å². The van der Waals surface area contributed by atoms with Gasteiger partial charge in [0.05, 0.1) is 0 Å². The van der Waals surface area contributed by atoms with E-state index in [4.69, 9.17) is 5.11 Å². The van der Waals surface area contributed by atoms with Gasteiger partial charge in [0.25, 0.3) is 0 Å². The molecule has 0 saturated heterocycles. The summed E-state index contributed by atoms with van der Waals surface area (Å²) in [5.41, 5.74) is 1.02. The van der Waals surface area contributed by atoms with Crippen LogP contribution in [0.4, 0.5) is 4.39 Å². The summed E-state index contributed by atoms with van der Waals surface area (Å²) in [5, 5.41) is 9.13. The summed E-state index contributed by atoms with van der Waals surface area (Å²) in [7, 11) is 0. The lowest BCUT2D eigenvalue weighted by Gasteiger charge is -2.26. The van der Waals surface area contributed by atoms with E-state index in [0.29, 0.717) is 6.42 Å². The minimum Gasteiger partial charge on any atom is -0.508 e. The lowest BCUT2D eigenvalue weighted by molar-refractivity contribution is 0.216. The highest BCUT2D eigenvalue weighted by molar-refractivity contribution is 5.29. The Balaban J connectivity index is 2.16. The Labute approximate surface area is 83.6 Å². The molecular weight excluding hydrogens is 179 g/mol. The highest BCUT2D eigenvalue weighted by Crippen LogP contribution is 2.35. The van der Waals surface area contributed by atoms with Crippen molar-refractivity contribution in [2.75, 3.05) is 0 Å². The van der Waals surface area contributed by atoms with Gasteiger partial charge in [-0.3, -0.25) is 0 Å². The molecule has 1 aromatic carbocycles. The third kappa shape index (κ3) is 1.89. The number of rotatable bonds is 1. The van der Waals surface area contributed by atoms with Gasteiger partial charge >= 0.3 is 0 Å². The number of aromatic hydroxyl groups is 1. The zero-order valence-corrected chi connectivity index (χ0v) is 8.12. The predicted octanol–water partition coefficient (Wildman–Crippen LogP) is 3.39. The first kappa shape index (κ1) is 9.50. The third-order valence-corrected chi connectivity index (χ3v) is 3.00. The van der Waals surface area contributed by atoms with Gasteiger partial charge in [-0.25, -0.2) is 4.39 Å². The average molecular weight is 194 g/mol. The van der Waals surface area contributed by atoms with Crippen LogP contribution in [-0.4, -0.2) is 11.3 Å². The minimum absolute atomic E-state index is 0.0457. The Bertz CT molecular complexity index is 294. The number of hydrogen-bond acceptors (Lipinski definition) is 1. The molecule has 0 spiro atoms. The molecule has 76 valence electrons. The van der Waals surface area contributed by atoms with Crippen LogP contribution in [-0.2, 0) is 0 Å². The maximum absolute atomic E-state index is 13.6. The number of hydrogen-bond donors (Lipinski definition) is 1. The minimum atomic E-state index is -0.701. The fourth-order valence-electron chi connectivity index (χ4n) is 2.18. The van der Waals surface area contributed by atoms with Crippen LogP contribution >= 0.6 is 0 Å². The molecule has 1 saturated carbocycles. The van der Waals surface area contributed by atoms with Crippen molar-refractivity contribution in [1.82, 2.24) is 0 Å². The Morgan fingerprint density at radius 3 is 2.36 bits per heavy atom. The van der Waals surface area contributed by atoms with E-state index in [1.54, 1.807) is 12.1 Å². The normalized spacial score (nSPS) is 27.5. The molecule has 0 amide bonds. The lowest BCUT2D eigenvalue weighted by Crippen LogP contribution is -2.18. The van der Waals surface area contributed by atoms with E-state index >= 15 is 0 Å². The summed E-state index contributed by atoms with van der Waals surface area (Å²) in [5.74, 6) is 0.296. The Kier molecular flexibility index (Phi) is 2.71. The van der Waals surface area contributed by atoms with E-state index < -0.39 is 6.17 Å². The number of halogens is 1. The second-order valence-corrected chi connectivity index (χ2v) is 4.00. The first-order chi connectivity index (χ1) is 6.77.